The summed E-state index contributed by atoms with van der Waals surface area (Å²) in [5.41, 5.74) is 3.08. The zero-order valence-electron chi connectivity index (χ0n) is 15.4. The molecule has 2 saturated heterocycles. The molecule has 7 heteroatoms. The quantitative estimate of drug-likeness (QED) is 0.626. The summed E-state index contributed by atoms with van der Waals surface area (Å²) in [6.07, 6.45) is 4.35. The number of benzene rings is 1. The first kappa shape index (κ1) is 18.0. The van der Waals surface area contributed by atoms with Gasteiger partial charge in [-0.2, -0.15) is 5.10 Å². The second-order valence-corrected chi connectivity index (χ2v) is 9.05. The van der Waals surface area contributed by atoms with Gasteiger partial charge in [0.15, 0.2) is 0 Å². The van der Waals surface area contributed by atoms with Crippen LogP contribution in [0, 0.1) is 0 Å². The Morgan fingerprint density at radius 2 is 2.07 bits per heavy atom. The monoisotopic (exact) mass is 411 g/mol. The summed E-state index contributed by atoms with van der Waals surface area (Å²) >= 11 is 3.37. The van der Waals surface area contributed by atoms with Crippen LogP contribution < -0.4 is 0 Å². The molecule has 0 spiro atoms. The first-order chi connectivity index (χ1) is 13.8. The van der Waals surface area contributed by atoms with Crippen LogP contribution in [-0.2, 0) is 9.53 Å². The molecule has 5 nitrogen and oxygen atoms in total. The van der Waals surface area contributed by atoms with Crippen molar-refractivity contribution >= 4 is 29.0 Å². The number of carbonyl (C=O) groups excluding carboxylic acids is 1. The second-order valence-electron chi connectivity index (χ2n) is 7.03. The summed E-state index contributed by atoms with van der Waals surface area (Å²) in [7, 11) is 0. The van der Waals surface area contributed by atoms with Gasteiger partial charge in [-0.25, -0.2) is 4.68 Å². The SMILES string of the molecule is O=C1CS[C@@H](c2cn(-c3ccccc3)nc2-c2cccs2)N1C[C@@H]1CCCO1. The molecule has 4 heterocycles. The third kappa shape index (κ3) is 3.38. The molecular weight excluding hydrogens is 390 g/mol. The van der Waals surface area contributed by atoms with Crippen molar-refractivity contribution < 1.29 is 9.53 Å². The Bertz CT molecular complexity index is 949. The van der Waals surface area contributed by atoms with Crippen LogP contribution in [0.1, 0.15) is 23.8 Å². The summed E-state index contributed by atoms with van der Waals surface area (Å²) in [5, 5.41) is 6.95. The summed E-state index contributed by atoms with van der Waals surface area (Å²) in [6, 6.07) is 14.3. The highest BCUT2D eigenvalue weighted by molar-refractivity contribution is 8.00. The Balaban J connectivity index is 1.54. The van der Waals surface area contributed by atoms with Crippen molar-refractivity contribution in [2.75, 3.05) is 18.9 Å². The number of thiophene rings is 1. The summed E-state index contributed by atoms with van der Waals surface area (Å²) < 4.78 is 7.73. The van der Waals surface area contributed by atoms with Gasteiger partial charge in [0.05, 0.1) is 22.4 Å². The summed E-state index contributed by atoms with van der Waals surface area (Å²) in [6.45, 7) is 1.47. The van der Waals surface area contributed by atoms with Crippen LogP contribution in [0.15, 0.2) is 54.0 Å². The molecular formula is C21H21N3O2S2. The molecule has 144 valence electrons. The van der Waals surface area contributed by atoms with E-state index in [1.165, 1.54) is 0 Å². The average molecular weight is 412 g/mol. The molecule has 1 amide bonds. The largest absolute Gasteiger partial charge is 0.376 e. The van der Waals surface area contributed by atoms with Gasteiger partial charge in [-0.15, -0.1) is 23.1 Å². The van der Waals surface area contributed by atoms with Crippen LogP contribution in [0.25, 0.3) is 16.3 Å². The molecule has 28 heavy (non-hydrogen) atoms. The van der Waals surface area contributed by atoms with Crippen molar-refractivity contribution in [1.82, 2.24) is 14.7 Å². The van der Waals surface area contributed by atoms with Crippen molar-refractivity contribution in [2.24, 2.45) is 0 Å². The minimum Gasteiger partial charge on any atom is -0.376 e. The number of hydrogen-bond donors (Lipinski definition) is 0. The molecule has 0 bridgehead atoms. The van der Waals surface area contributed by atoms with Gasteiger partial charge in [0, 0.05) is 24.9 Å². The molecule has 3 aromatic rings. The maximum Gasteiger partial charge on any atom is 0.233 e. The van der Waals surface area contributed by atoms with E-state index in [0.29, 0.717) is 12.3 Å². The molecule has 2 aromatic heterocycles. The van der Waals surface area contributed by atoms with E-state index in [-0.39, 0.29) is 17.4 Å². The zero-order chi connectivity index (χ0) is 18.9. The normalized spacial score (nSPS) is 22.3. The van der Waals surface area contributed by atoms with Crippen molar-refractivity contribution in [3.05, 3.63) is 59.6 Å². The minimum atomic E-state index is -0.0220. The molecule has 2 atom stereocenters. The molecule has 0 aliphatic carbocycles. The minimum absolute atomic E-state index is 0.0220. The fourth-order valence-electron chi connectivity index (χ4n) is 3.80. The third-order valence-electron chi connectivity index (χ3n) is 5.18. The van der Waals surface area contributed by atoms with Crippen LogP contribution in [0.3, 0.4) is 0 Å². The molecule has 1 aromatic carbocycles. The predicted molar refractivity (Wildman–Crippen MR) is 113 cm³/mol. The average Bonchev–Trinajstić information content (AvgIpc) is 3.51. The van der Waals surface area contributed by atoms with Gasteiger partial charge in [-0.1, -0.05) is 24.3 Å². The number of ether oxygens (including phenoxy) is 1. The predicted octanol–water partition coefficient (Wildman–Crippen LogP) is 4.35. The van der Waals surface area contributed by atoms with E-state index >= 15 is 0 Å². The molecule has 0 saturated carbocycles. The molecule has 2 aliphatic rings. The van der Waals surface area contributed by atoms with Crippen LogP contribution in [0.4, 0.5) is 0 Å². The molecule has 2 aliphatic heterocycles. The number of carbonyl (C=O) groups is 1. The number of rotatable bonds is 5. The van der Waals surface area contributed by atoms with Gasteiger partial charge in [0.1, 0.15) is 11.1 Å². The summed E-state index contributed by atoms with van der Waals surface area (Å²) in [4.78, 5) is 15.8. The van der Waals surface area contributed by atoms with E-state index in [1.54, 1.807) is 23.1 Å². The van der Waals surface area contributed by atoms with E-state index in [9.17, 15) is 4.79 Å². The Kier molecular flexibility index (Phi) is 4.96. The lowest BCUT2D eigenvalue weighted by Crippen LogP contribution is -2.35. The number of amides is 1. The van der Waals surface area contributed by atoms with Gasteiger partial charge in [-0.05, 0) is 36.4 Å². The van der Waals surface area contributed by atoms with E-state index in [2.05, 4.69) is 17.6 Å². The zero-order valence-corrected chi connectivity index (χ0v) is 17.0. The highest BCUT2D eigenvalue weighted by Gasteiger charge is 2.37. The molecule has 0 unspecified atom stereocenters. The van der Waals surface area contributed by atoms with Gasteiger partial charge < -0.3 is 9.64 Å². The topological polar surface area (TPSA) is 47.4 Å². The first-order valence-corrected chi connectivity index (χ1v) is 11.4. The van der Waals surface area contributed by atoms with Crippen LogP contribution >= 0.6 is 23.1 Å². The number of hydrogen-bond acceptors (Lipinski definition) is 5. The molecule has 2 fully saturated rings. The van der Waals surface area contributed by atoms with Crippen molar-refractivity contribution in [1.29, 1.82) is 0 Å². The number of para-hydroxylation sites is 1. The van der Waals surface area contributed by atoms with E-state index in [1.807, 2.05) is 46.0 Å². The van der Waals surface area contributed by atoms with Gasteiger partial charge in [-0.3, -0.25) is 4.79 Å². The number of nitrogens with zero attached hydrogens (tertiary/aromatic N) is 3. The van der Waals surface area contributed by atoms with E-state index in [4.69, 9.17) is 9.84 Å². The Hall–Kier alpha value is -2.09. The smallest absolute Gasteiger partial charge is 0.233 e. The lowest BCUT2D eigenvalue weighted by atomic mass is 10.1. The van der Waals surface area contributed by atoms with Crippen LogP contribution in [0.5, 0.6) is 0 Å². The number of aromatic nitrogens is 2. The first-order valence-electron chi connectivity index (χ1n) is 9.51. The Morgan fingerprint density at radius 1 is 1.18 bits per heavy atom. The van der Waals surface area contributed by atoms with E-state index in [0.717, 1.165) is 41.3 Å². The molecule has 5 rings (SSSR count). The van der Waals surface area contributed by atoms with Crippen LogP contribution in [-0.4, -0.2) is 45.6 Å². The van der Waals surface area contributed by atoms with Gasteiger partial charge in [0.25, 0.3) is 0 Å². The fraction of sp³-hybridized carbons (Fsp3) is 0.333. The lowest BCUT2D eigenvalue weighted by molar-refractivity contribution is -0.129. The Labute approximate surface area is 172 Å². The molecule has 0 N–H and O–H groups in total. The standard InChI is InChI=1S/C21H21N3O2S2/c25-19-14-28-21(23(19)12-16-8-4-10-26-16)17-13-24(15-6-2-1-3-7-15)22-20(17)18-9-5-11-27-18/h1-3,5-7,9,11,13,16,21H,4,8,10,12,14H2/t16-,21-/m0/s1. The Morgan fingerprint density at radius 3 is 2.82 bits per heavy atom. The van der Waals surface area contributed by atoms with Crippen molar-refractivity contribution in [3.63, 3.8) is 0 Å². The number of thioether (sulfide) groups is 1. The van der Waals surface area contributed by atoms with Gasteiger partial charge >= 0.3 is 0 Å². The molecule has 0 radical (unpaired) electrons. The highest BCUT2D eigenvalue weighted by atomic mass is 32.2. The van der Waals surface area contributed by atoms with E-state index < -0.39 is 0 Å². The second kappa shape index (κ2) is 7.73. The third-order valence-corrected chi connectivity index (χ3v) is 7.29. The van der Waals surface area contributed by atoms with Crippen molar-refractivity contribution in [3.8, 4) is 16.3 Å². The van der Waals surface area contributed by atoms with Crippen LogP contribution in [0.2, 0.25) is 0 Å². The van der Waals surface area contributed by atoms with Gasteiger partial charge in [0.2, 0.25) is 5.91 Å². The van der Waals surface area contributed by atoms with Crippen molar-refractivity contribution in [2.45, 2.75) is 24.3 Å². The lowest BCUT2D eigenvalue weighted by Gasteiger charge is -2.26. The maximum atomic E-state index is 12.6. The maximum absolute atomic E-state index is 12.6. The fourth-order valence-corrected chi connectivity index (χ4v) is 5.74. The summed E-state index contributed by atoms with van der Waals surface area (Å²) in [5.74, 6) is 0.702. The highest BCUT2D eigenvalue weighted by Crippen LogP contribution is 2.43.